The molecule has 0 aliphatic heterocycles. The van der Waals surface area contributed by atoms with Crippen molar-refractivity contribution in [1.82, 2.24) is 0 Å². The third kappa shape index (κ3) is 5.02. The van der Waals surface area contributed by atoms with Crippen LogP contribution >= 0.6 is 0 Å². The fourth-order valence-corrected chi connectivity index (χ4v) is 4.19. The topological polar surface area (TPSA) is 3.24 Å². The Kier molecular flexibility index (Phi) is 2.83. The van der Waals surface area contributed by atoms with Crippen LogP contribution in [0.4, 0.5) is 17.1 Å². The third-order valence-electron chi connectivity index (χ3n) is 6.07. The van der Waals surface area contributed by atoms with Crippen molar-refractivity contribution >= 4 is 27.8 Å². The lowest BCUT2D eigenvalue weighted by Crippen LogP contribution is -2.10. The van der Waals surface area contributed by atoms with Gasteiger partial charge in [0.2, 0.25) is 0 Å². The second-order valence-electron chi connectivity index (χ2n) is 8.53. The summed E-state index contributed by atoms with van der Waals surface area (Å²) in [5.74, 6) is 0. The van der Waals surface area contributed by atoms with Gasteiger partial charge >= 0.3 is 0 Å². The predicted molar refractivity (Wildman–Crippen MR) is 175 cm³/mol. The Hall–Kier alpha value is -5.40. The Bertz CT molecular complexity index is 2900. The Morgan fingerprint density at radius 2 is 0.902 bits per heavy atom. The van der Waals surface area contributed by atoms with Crippen molar-refractivity contribution in [3.8, 4) is 33.4 Å². The molecule has 0 radical (unpaired) electrons. The van der Waals surface area contributed by atoms with Crippen molar-refractivity contribution in [2.24, 2.45) is 0 Å². The number of nitrogens with zero attached hydrogens (tertiary/aromatic N) is 1. The van der Waals surface area contributed by atoms with E-state index in [-0.39, 0.29) is 11.1 Å². The molecule has 41 heavy (non-hydrogen) atoms. The lowest BCUT2D eigenvalue weighted by molar-refractivity contribution is 1.28. The molecule has 0 heterocycles. The summed E-state index contributed by atoms with van der Waals surface area (Å²) in [5, 5.41) is 1.12. The van der Waals surface area contributed by atoms with Crippen LogP contribution in [0.3, 0.4) is 0 Å². The number of anilines is 3. The van der Waals surface area contributed by atoms with Gasteiger partial charge in [0.1, 0.15) is 0 Å². The molecule has 0 fully saturated rings. The molecule has 1 heteroatoms. The monoisotopic (exact) mass is 545 g/mol. The zero-order chi connectivity index (χ0) is 46.6. The highest BCUT2D eigenvalue weighted by molar-refractivity contribution is 5.97. The fourth-order valence-electron chi connectivity index (χ4n) is 4.19. The Labute approximate surface area is 272 Å². The second-order valence-corrected chi connectivity index (χ2v) is 8.53. The van der Waals surface area contributed by atoms with Crippen LogP contribution in [0.15, 0.2) is 175 Å². The van der Waals surface area contributed by atoms with Gasteiger partial charge in [-0.05, 0) is 80.4 Å². The molecule has 0 aliphatic rings. The quantitative estimate of drug-likeness (QED) is 0.201. The first-order chi connectivity index (χ1) is 29.5. The number of rotatable bonds is 6. The van der Waals surface area contributed by atoms with Crippen LogP contribution in [-0.4, -0.2) is 0 Å². The molecule has 1 nitrogen and oxygen atoms in total. The first-order valence-electron chi connectivity index (χ1n) is 23.2. The summed E-state index contributed by atoms with van der Waals surface area (Å²) in [6, 6.07) is -8.51. The molecule has 0 amide bonds. The molecular weight excluding hydrogens is 494 g/mol. The maximum Gasteiger partial charge on any atom is 0.0651 e. The van der Waals surface area contributed by atoms with Gasteiger partial charge in [-0.3, -0.25) is 0 Å². The van der Waals surface area contributed by atoms with Crippen LogP contribution in [0.1, 0.15) is 30.2 Å². The minimum atomic E-state index is -1.09. The average molecular weight is 546 g/mol. The molecule has 0 N–H and O–H groups in total. The highest BCUT2D eigenvalue weighted by Gasteiger charge is 2.15. The lowest BCUT2D eigenvalue weighted by Gasteiger charge is -2.26. The van der Waals surface area contributed by atoms with E-state index in [1.807, 2.05) is 0 Å². The molecule has 7 aromatic rings. The number of benzene rings is 7. The normalized spacial score (nSPS) is 18.4. The number of fused-ring (bicyclic) bond motifs is 1. The van der Waals surface area contributed by atoms with Crippen LogP contribution in [0.5, 0.6) is 0 Å². The second kappa shape index (κ2) is 11.0. The Balaban J connectivity index is 1.68. The molecule has 0 spiro atoms. The van der Waals surface area contributed by atoms with Crippen LogP contribution in [0.25, 0.3) is 44.2 Å². The van der Waals surface area contributed by atoms with Gasteiger partial charge in [0.15, 0.2) is 0 Å². The van der Waals surface area contributed by atoms with E-state index in [1.165, 1.54) is 6.07 Å². The van der Waals surface area contributed by atoms with E-state index in [9.17, 15) is 8.22 Å². The first-order valence-corrected chi connectivity index (χ1v) is 12.2. The molecule has 0 saturated heterocycles. The largest absolute Gasteiger partial charge is 0.310 e. The van der Waals surface area contributed by atoms with Crippen molar-refractivity contribution < 1.29 is 30.2 Å². The summed E-state index contributed by atoms with van der Waals surface area (Å²) in [4.78, 5) is 0.537. The molecule has 194 valence electrons. The summed E-state index contributed by atoms with van der Waals surface area (Å²) in [5.41, 5.74) is -5.74. The van der Waals surface area contributed by atoms with Crippen molar-refractivity contribution in [2.75, 3.05) is 4.90 Å². The third-order valence-corrected chi connectivity index (χ3v) is 6.07. The summed E-state index contributed by atoms with van der Waals surface area (Å²) in [6.45, 7) is 0. The van der Waals surface area contributed by atoms with E-state index in [0.717, 1.165) is 0 Å². The van der Waals surface area contributed by atoms with E-state index in [1.54, 1.807) is 36.4 Å². The highest BCUT2D eigenvalue weighted by Crippen LogP contribution is 2.39. The minimum absolute atomic E-state index is 0.199. The van der Waals surface area contributed by atoms with Crippen LogP contribution in [0.2, 0.25) is 0 Å². The summed E-state index contributed by atoms with van der Waals surface area (Å²) >= 11 is 0. The molecule has 0 bridgehead atoms. The molecule has 0 atom stereocenters. The first kappa shape index (κ1) is 10.5. The van der Waals surface area contributed by atoms with Crippen molar-refractivity contribution in [1.29, 1.82) is 0 Å². The Morgan fingerprint density at radius 1 is 0.390 bits per heavy atom. The maximum absolute atomic E-state index is 9.65. The lowest BCUT2D eigenvalue weighted by atomic mass is 9.97. The van der Waals surface area contributed by atoms with Gasteiger partial charge in [0, 0.05) is 17.1 Å². The highest BCUT2D eigenvalue weighted by atomic mass is 15.1. The van der Waals surface area contributed by atoms with Crippen LogP contribution < -0.4 is 4.90 Å². The van der Waals surface area contributed by atoms with Crippen LogP contribution in [-0.2, 0) is 0 Å². The number of hydrogen-bond donors (Lipinski definition) is 0. The van der Waals surface area contributed by atoms with E-state index < -0.39 is 172 Å². The molecule has 0 unspecified atom stereocenters. The van der Waals surface area contributed by atoms with Gasteiger partial charge in [-0.25, -0.2) is 0 Å². The van der Waals surface area contributed by atoms with Gasteiger partial charge in [-0.15, -0.1) is 0 Å². The minimum Gasteiger partial charge on any atom is -0.310 e. The van der Waals surface area contributed by atoms with Gasteiger partial charge in [0.05, 0.1) is 30.2 Å². The summed E-state index contributed by atoms with van der Waals surface area (Å²) in [7, 11) is 0. The molecule has 0 aliphatic carbocycles. The van der Waals surface area contributed by atoms with Crippen molar-refractivity contribution in [3.05, 3.63) is 175 Å². The molecule has 7 rings (SSSR count). The Morgan fingerprint density at radius 3 is 1.51 bits per heavy atom. The summed E-state index contributed by atoms with van der Waals surface area (Å²) in [6.07, 6.45) is 0. The predicted octanol–water partition coefficient (Wildman–Crippen LogP) is 11.3. The maximum atomic E-state index is 9.65. The fraction of sp³-hybridized carbons (Fsp3) is 0. The van der Waals surface area contributed by atoms with E-state index in [4.69, 9.17) is 21.9 Å². The molecule has 7 aromatic carbocycles. The SMILES string of the molecule is [2H]c1c([2H])c([2H])c(-c2c([2H])c([2H])c(N(c3c([2H])c([2H])c(-c4c([2H])c([2H])c([2H])c([2H])c4[2H])c([2H])c3[2H])c3c([2H])c([2H])c([2H])c(-c4cccc5ccccc45)c3[2H])c([2H])c2[2H])c([2H])c1[2H]. The van der Waals surface area contributed by atoms with Gasteiger partial charge in [-0.1, -0.05) is 139 Å². The smallest absolute Gasteiger partial charge is 0.0651 e. The molecule has 0 aromatic heterocycles. The van der Waals surface area contributed by atoms with E-state index in [0.29, 0.717) is 15.7 Å². The van der Waals surface area contributed by atoms with Crippen LogP contribution in [0, 0.1) is 0 Å². The van der Waals surface area contributed by atoms with Crippen molar-refractivity contribution in [3.63, 3.8) is 0 Å². The van der Waals surface area contributed by atoms with E-state index >= 15 is 0 Å². The molecule has 0 saturated carbocycles. The molecular formula is C40H29N. The van der Waals surface area contributed by atoms with Gasteiger partial charge in [0.25, 0.3) is 0 Å². The number of hydrogen-bond acceptors (Lipinski definition) is 1. The summed E-state index contributed by atoms with van der Waals surface area (Å²) < 4.78 is 194. The van der Waals surface area contributed by atoms with E-state index in [2.05, 4.69) is 0 Å². The van der Waals surface area contributed by atoms with Crippen molar-refractivity contribution in [2.45, 2.75) is 0 Å². The van der Waals surface area contributed by atoms with Gasteiger partial charge < -0.3 is 4.90 Å². The zero-order valence-corrected chi connectivity index (χ0v) is 21.0. The average Bonchev–Trinajstić information content (AvgIpc) is 3.26. The zero-order valence-electron chi connectivity index (χ0n) is 43.0. The standard InChI is InChI=1S/C40H29N/c1-3-11-30(12-4-1)32-21-25-36(26-22-32)41(37-27-23-33(24-28-37)31-13-5-2-6-14-31)38-18-9-17-35(29-38)40-20-10-16-34-15-7-8-19-39(34)40/h1-29H/i1D,2D,3D,4D,5D,6D,9D,11D,12D,13D,14D,17D,18D,21D,22D,23D,24D,25D,26D,27D,28D,29D. The van der Waals surface area contributed by atoms with Gasteiger partial charge in [-0.2, -0.15) is 0 Å².